The van der Waals surface area contributed by atoms with Gasteiger partial charge in [0.05, 0.1) is 21.2 Å². The number of rotatable bonds is 6. The summed E-state index contributed by atoms with van der Waals surface area (Å²) in [6.07, 6.45) is 1.39. The molecule has 9 heteroatoms. The number of hydrogen-bond donors (Lipinski definition) is 2. The second-order valence-corrected chi connectivity index (χ2v) is 10.4. The number of anilines is 2. The number of amides is 1. The van der Waals surface area contributed by atoms with Crippen molar-refractivity contribution in [1.82, 2.24) is 5.32 Å². The number of halogens is 2. The summed E-state index contributed by atoms with van der Waals surface area (Å²) in [7, 11) is -2.02. The highest BCUT2D eigenvalue weighted by Gasteiger charge is 2.30. The fourth-order valence-corrected chi connectivity index (χ4v) is 5.85. The number of hydrogen-bond acceptors (Lipinski definition) is 4. The van der Waals surface area contributed by atoms with Gasteiger partial charge in [-0.15, -0.1) is 0 Å². The first kappa shape index (κ1) is 24.2. The zero-order valence-corrected chi connectivity index (χ0v) is 20.4. The molecule has 3 aromatic carbocycles. The van der Waals surface area contributed by atoms with E-state index in [2.05, 4.69) is 10.6 Å². The van der Waals surface area contributed by atoms with Gasteiger partial charge in [0.1, 0.15) is 5.82 Å². The first-order valence-corrected chi connectivity index (χ1v) is 12.7. The Kier molecular flexibility index (Phi) is 6.93. The molecule has 0 bridgehead atoms. The first-order valence-electron chi connectivity index (χ1n) is 10.9. The molecule has 0 spiro atoms. The van der Waals surface area contributed by atoms with Crippen LogP contribution in [0.4, 0.5) is 15.8 Å². The van der Waals surface area contributed by atoms with E-state index in [1.54, 1.807) is 36.4 Å². The van der Waals surface area contributed by atoms with Crippen molar-refractivity contribution in [3.63, 3.8) is 0 Å². The Bertz CT molecular complexity index is 1330. The van der Waals surface area contributed by atoms with E-state index in [-0.39, 0.29) is 21.5 Å². The van der Waals surface area contributed by atoms with Crippen molar-refractivity contribution in [3.05, 3.63) is 88.2 Å². The third-order valence-electron chi connectivity index (χ3n) is 5.99. The zero-order valence-electron chi connectivity index (χ0n) is 18.8. The largest absolute Gasteiger partial charge is 0.322 e. The lowest BCUT2D eigenvalue weighted by Gasteiger charge is -2.31. The number of fused-ring (bicyclic) bond motifs is 1. The number of sulfonamides is 1. The van der Waals surface area contributed by atoms with Gasteiger partial charge in [0.15, 0.2) is 0 Å². The molecule has 34 heavy (non-hydrogen) atoms. The summed E-state index contributed by atoms with van der Waals surface area (Å²) < 4.78 is 42.8. The smallest absolute Gasteiger partial charge is 0.264 e. The fourth-order valence-electron chi connectivity index (χ4n) is 4.01. The predicted molar refractivity (Wildman–Crippen MR) is 133 cm³/mol. The van der Waals surface area contributed by atoms with Crippen LogP contribution in [0.25, 0.3) is 0 Å². The lowest BCUT2D eigenvalue weighted by Crippen LogP contribution is -2.35. The molecule has 178 valence electrons. The van der Waals surface area contributed by atoms with Gasteiger partial charge in [-0.25, -0.2) is 12.8 Å². The molecule has 0 fully saturated rings. The molecule has 2 N–H and O–H groups in total. The van der Waals surface area contributed by atoms with Gasteiger partial charge in [0.25, 0.3) is 15.9 Å². The molecule has 1 heterocycles. The molecule has 4 rings (SSSR count). The molecule has 0 aliphatic carbocycles. The topological polar surface area (TPSA) is 78.5 Å². The van der Waals surface area contributed by atoms with E-state index in [0.717, 1.165) is 17.2 Å². The van der Waals surface area contributed by atoms with Crippen LogP contribution in [-0.4, -0.2) is 27.9 Å². The van der Waals surface area contributed by atoms with Crippen LogP contribution in [0.15, 0.2) is 65.6 Å². The average molecular weight is 502 g/mol. The molecule has 1 amide bonds. The summed E-state index contributed by atoms with van der Waals surface area (Å²) in [6.45, 7) is 2.27. The van der Waals surface area contributed by atoms with Crippen LogP contribution in [0.5, 0.6) is 0 Å². The van der Waals surface area contributed by atoms with E-state index < -0.39 is 21.7 Å². The summed E-state index contributed by atoms with van der Waals surface area (Å²) in [5.74, 6) is -1.44. The number of nitrogens with zero attached hydrogens (tertiary/aromatic N) is 1. The number of benzene rings is 3. The van der Waals surface area contributed by atoms with Crippen LogP contribution in [0, 0.1) is 5.82 Å². The number of carbonyl (C=O) groups is 1. The Hall–Kier alpha value is -2.94. The SMILES string of the molecule is CNC(C)c1cccc(S(=O)(=O)N2CCCc3ccc(NC(=O)c4c(F)cccc4Cl)cc32)c1. The highest BCUT2D eigenvalue weighted by Crippen LogP contribution is 2.35. The van der Waals surface area contributed by atoms with Crippen molar-refractivity contribution >= 4 is 38.9 Å². The third kappa shape index (κ3) is 4.66. The molecule has 1 aliphatic rings. The monoisotopic (exact) mass is 501 g/mol. The van der Waals surface area contributed by atoms with Gasteiger partial charge < -0.3 is 10.6 Å². The average Bonchev–Trinajstić information content (AvgIpc) is 2.83. The standard InChI is InChI=1S/C25H25ClFN3O3S/c1-16(28-2)18-6-3-8-20(14-18)34(32,33)30-13-5-7-17-11-12-19(15-23(17)30)29-25(31)24-21(26)9-4-10-22(24)27/h3-4,6,8-12,14-16,28H,5,7,13H2,1-2H3,(H,29,31). The lowest BCUT2D eigenvalue weighted by atomic mass is 10.0. The number of nitrogens with one attached hydrogen (secondary N) is 2. The van der Waals surface area contributed by atoms with Gasteiger partial charge >= 0.3 is 0 Å². The van der Waals surface area contributed by atoms with E-state index in [9.17, 15) is 17.6 Å². The molecule has 0 aromatic heterocycles. The highest BCUT2D eigenvalue weighted by atomic mass is 35.5. The van der Waals surface area contributed by atoms with Gasteiger partial charge in [-0.3, -0.25) is 9.10 Å². The van der Waals surface area contributed by atoms with Gasteiger partial charge in [-0.05, 0) is 74.3 Å². The minimum atomic E-state index is -3.84. The quantitative estimate of drug-likeness (QED) is 0.489. The van der Waals surface area contributed by atoms with E-state index >= 15 is 0 Å². The van der Waals surface area contributed by atoms with Gasteiger partial charge in [-0.1, -0.05) is 35.9 Å². The Labute approximate surface area is 203 Å². The number of aryl methyl sites for hydroxylation is 1. The Morgan fingerprint density at radius 1 is 1.12 bits per heavy atom. The van der Waals surface area contributed by atoms with Crippen molar-refractivity contribution in [2.75, 3.05) is 23.2 Å². The number of carbonyl (C=O) groups excluding carboxylic acids is 1. The minimum Gasteiger partial charge on any atom is -0.322 e. The molecule has 6 nitrogen and oxygen atoms in total. The van der Waals surface area contributed by atoms with E-state index in [1.165, 1.54) is 16.4 Å². The van der Waals surface area contributed by atoms with Gasteiger partial charge in [0.2, 0.25) is 0 Å². The van der Waals surface area contributed by atoms with Crippen molar-refractivity contribution < 1.29 is 17.6 Å². The maximum atomic E-state index is 14.2. The van der Waals surface area contributed by atoms with Crippen LogP contribution in [0.2, 0.25) is 5.02 Å². The second-order valence-electron chi connectivity index (χ2n) is 8.16. The molecule has 1 aliphatic heterocycles. The van der Waals surface area contributed by atoms with Crippen LogP contribution in [0.1, 0.15) is 40.9 Å². The van der Waals surface area contributed by atoms with Crippen molar-refractivity contribution in [3.8, 4) is 0 Å². The molecule has 3 aromatic rings. The third-order valence-corrected chi connectivity index (χ3v) is 8.11. The molecular formula is C25H25ClFN3O3S. The molecule has 0 radical (unpaired) electrons. The minimum absolute atomic E-state index is 0.00388. The molecule has 1 unspecified atom stereocenters. The maximum Gasteiger partial charge on any atom is 0.264 e. The summed E-state index contributed by atoms with van der Waals surface area (Å²) >= 11 is 6.01. The van der Waals surface area contributed by atoms with Crippen LogP contribution in [0.3, 0.4) is 0 Å². The molecule has 1 atom stereocenters. The normalized spacial score (nSPS) is 14.4. The van der Waals surface area contributed by atoms with Gasteiger partial charge in [-0.2, -0.15) is 0 Å². The molecule has 0 saturated heterocycles. The zero-order chi connectivity index (χ0) is 24.5. The Morgan fingerprint density at radius 2 is 1.88 bits per heavy atom. The van der Waals surface area contributed by atoms with E-state index in [1.807, 2.05) is 20.0 Å². The van der Waals surface area contributed by atoms with Crippen LogP contribution >= 0.6 is 11.6 Å². The fraction of sp³-hybridized carbons (Fsp3) is 0.240. The predicted octanol–water partition coefficient (Wildman–Crippen LogP) is 5.15. The lowest BCUT2D eigenvalue weighted by molar-refractivity contribution is 0.102. The van der Waals surface area contributed by atoms with Gasteiger partial charge in [0, 0.05) is 18.3 Å². The summed E-state index contributed by atoms with van der Waals surface area (Å²) in [6, 6.07) is 16.0. The molecule has 0 saturated carbocycles. The summed E-state index contributed by atoms with van der Waals surface area (Å²) in [5, 5.41) is 5.75. The first-order chi connectivity index (χ1) is 16.2. The highest BCUT2D eigenvalue weighted by molar-refractivity contribution is 7.92. The van der Waals surface area contributed by atoms with Crippen molar-refractivity contribution in [2.24, 2.45) is 0 Å². The maximum absolute atomic E-state index is 14.2. The summed E-state index contributed by atoms with van der Waals surface area (Å²) in [5.41, 5.74) is 2.31. The van der Waals surface area contributed by atoms with Crippen LogP contribution in [-0.2, 0) is 16.4 Å². The summed E-state index contributed by atoms with van der Waals surface area (Å²) in [4.78, 5) is 12.9. The Morgan fingerprint density at radius 3 is 2.62 bits per heavy atom. The second kappa shape index (κ2) is 9.74. The van der Waals surface area contributed by atoms with E-state index in [0.29, 0.717) is 30.8 Å². The van der Waals surface area contributed by atoms with Crippen molar-refractivity contribution in [2.45, 2.75) is 30.7 Å². The Balaban J connectivity index is 1.68. The van der Waals surface area contributed by atoms with E-state index in [4.69, 9.17) is 11.6 Å². The van der Waals surface area contributed by atoms with Crippen molar-refractivity contribution in [1.29, 1.82) is 0 Å². The van der Waals surface area contributed by atoms with Crippen LogP contribution < -0.4 is 14.9 Å². The molecular weight excluding hydrogens is 477 g/mol.